The molecule has 0 amide bonds. The van der Waals surface area contributed by atoms with Crippen LogP contribution in [0.4, 0.5) is 5.69 Å². The molecule has 21 heavy (non-hydrogen) atoms. The maximum Gasteiger partial charge on any atom is 0.0642 e. The first kappa shape index (κ1) is 15.2. The number of thiophene rings is 1. The van der Waals surface area contributed by atoms with Crippen molar-refractivity contribution in [2.45, 2.75) is 13.5 Å². The number of nitrogens with one attached hydrogen (secondary N) is 1. The summed E-state index contributed by atoms with van der Waals surface area (Å²) in [6.45, 7) is 2.66. The van der Waals surface area contributed by atoms with E-state index in [1.165, 1.54) is 4.70 Å². The first-order chi connectivity index (χ1) is 10.1. The maximum atomic E-state index is 6.45. The Labute approximate surface area is 146 Å². The van der Waals surface area contributed by atoms with E-state index in [0.717, 1.165) is 36.0 Å². The van der Waals surface area contributed by atoms with Gasteiger partial charge in [0.1, 0.15) is 0 Å². The molecular formula is C16H12BrCl2NS. The summed E-state index contributed by atoms with van der Waals surface area (Å²) in [6, 6.07) is 12.1. The van der Waals surface area contributed by atoms with Crippen molar-refractivity contribution in [2.24, 2.45) is 0 Å². The molecule has 108 valence electrons. The van der Waals surface area contributed by atoms with Gasteiger partial charge in [0, 0.05) is 24.5 Å². The number of rotatable bonds is 3. The lowest BCUT2D eigenvalue weighted by atomic mass is 10.2. The number of aryl methyl sites for hydroxylation is 1. The normalized spacial score (nSPS) is 11.0. The molecule has 0 spiro atoms. The zero-order chi connectivity index (χ0) is 15.0. The molecule has 0 aliphatic carbocycles. The van der Waals surface area contributed by atoms with Crippen LogP contribution in [0.3, 0.4) is 0 Å². The van der Waals surface area contributed by atoms with Crippen molar-refractivity contribution in [2.75, 3.05) is 5.32 Å². The van der Waals surface area contributed by atoms with Crippen LogP contribution in [0.5, 0.6) is 0 Å². The van der Waals surface area contributed by atoms with E-state index in [-0.39, 0.29) is 0 Å². The third-order valence-electron chi connectivity index (χ3n) is 3.29. The molecular weight excluding hydrogens is 389 g/mol. The number of benzene rings is 2. The molecule has 0 bridgehead atoms. The summed E-state index contributed by atoms with van der Waals surface area (Å²) in [5, 5.41) is 6.09. The Bertz CT molecular complexity index is 813. The van der Waals surface area contributed by atoms with Crippen LogP contribution in [0.25, 0.3) is 10.1 Å². The minimum Gasteiger partial charge on any atom is -0.379 e. The first-order valence-electron chi connectivity index (χ1n) is 6.41. The Morgan fingerprint density at radius 2 is 1.95 bits per heavy atom. The zero-order valence-corrected chi connectivity index (χ0v) is 15.1. The van der Waals surface area contributed by atoms with Gasteiger partial charge in [0.15, 0.2) is 0 Å². The van der Waals surface area contributed by atoms with E-state index >= 15 is 0 Å². The fraction of sp³-hybridized carbons (Fsp3) is 0.125. The van der Waals surface area contributed by atoms with E-state index in [4.69, 9.17) is 23.2 Å². The van der Waals surface area contributed by atoms with E-state index < -0.39 is 0 Å². The molecule has 0 atom stereocenters. The molecule has 1 aromatic heterocycles. The van der Waals surface area contributed by atoms with Gasteiger partial charge in [0.2, 0.25) is 0 Å². The van der Waals surface area contributed by atoms with E-state index in [9.17, 15) is 0 Å². The summed E-state index contributed by atoms with van der Waals surface area (Å²) >= 11 is 17.9. The second-order valence-electron chi connectivity index (χ2n) is 4.77. The maximum absolute atomic E-state index is 6.45. The van der Waals surface area contributed by atoms with Gasteiger partial charge in [0.05, 0.1) is 17.3 Å². The van der Waals surface area contributed by atoms with Gasteiger partial charge in [0.25, 0.3) is 0 Å². The Kier molecular flexibility index (Phi) is 4.46. The fourth-order valence-corrected chi connectivity index (χ4v) is 4.34. The SMILES string of the molecule is Cc1cc(Br)c(NCc2sc3ccccc3c2Cl)cc1Cl. The number of hydrogen-bond acceptors (Lipinski definition) is 2. The molecule has 2 aromatic carbocycles. The Balaban J connectivity index is 1.87. The van der Waals surface area contributed by atoms with Gasteiger partial charge in [-0.25, -0.2) is 0 Å². The molecule has 1 N–H and O–H groups in total. The molecule has 3 rings (SSSR count). The molecule has 0 saturated carbocycles. The van der Waals surface area contributed by atoms with Gasteiger partial charge >= 0.3 is 0 Å². The molecule has 3 aromatic rings. The standard InChI is InChI=1S/C16H12BrCl2NS/c1-9-6-11(17)13(7-12(9)18)20-8-15-16(19)10-4-2-3-5-14(10)21-15/h2-7,20H,8H2,1H3. The van der Waals surface area contributed by atoms with Crippen molar-refractivity contribution >= 4 is 66.2 Å². The Morgan fingerprint density at radius 1 is 1.19 bits per heavy atom. The minimum absolute atomic E-state index is 0.677. The number of fused-ring (bicyclic) bond motifs is 1. The lowest BCUT2D eigenvalue weighted by molar-refractivity contribution is 1.19. The molecule has 0 fully saturated rings. The molecule has 1 nitrogen and oxygen atoms in total. The highest BCUT2D eigenvalue weighted by atomic mass is 79.9. The number of halogens is 3. The molecule has 0 aliphatic heterocycles. The smallest absolute Gasteiger partial charge is 0.0642 e. The van der Waals surface area contributed by atoms with Crippen LogP contribution >= 0.6 is 50.5 Å². The van der Waals surface area contributed by atoms with Gasteiger partial charge in [-0.2, -0.15) is 0 Å². The van der Waals surface area contributed by atoms with Crippen LogP contribution in [-0.4, -0.2) is 0 Å². The summed E-state index contributed by atoms with van der Waals surface area (Å²) in [5.41, 5.74) is 2.02. The average Bonchev–Trinajstić information content (AvgIpc) is 2.79. The lowest BCUT2D eigenvalue weighted by Crippen LogP contribution is -1.99. The van der Waals surface area contributed by atoms with Crippen molar-refractivity contribution in [3.05, 3.63) is 61.4 Å². The molecule has 0 aliphatic rings. The van der Waals surface area contributed by atoms with Crippen LogP contribution in [0.15, 0.2) is 40.9 Å². The third-order valence-corrected chi connectivity index (χ3v) is 6.07. The van der Waals surface area contributed by atoms with E-state index in [0.29, 0.717) is 6.54 Å². The zero-order valence-electron chi connectivity index (χ0n) is 11.2. The van der Waals surface area contributed by atoms with Crippen LogP contribution in [0.2, 0.25) is 10.0 Å². The highest BCUT2D eigenvalue weighted by Crippen LogP contribution is 2.36. The largest absolute Gasteiger partial charge is 0.379 e. The summed E-state index contributed by atoms with van der Waals surface area (Å²) < 4.78 is 2.21. The quantitative estimate of drug-likeness (QED) is 0.504. The van der Waals surface area contributed by atoms with Crippen molar-refractivity contribution in [1.29, 1.82) is 0 Å². The van der Waals surface area contributed by atoms with Crippen molar-refractivity contribution in [3.63, 3.8) is 0 Å². The summed E-state index contributed by atoms with van der Waals surface area (Å²) in [4.78, 5) is 1.13. The second kappa shape index (κ2) is 6.17. The van der Waals surface area contributed by atoms with Crippen LogP contribution in [0, 0.1) is 6.92 Å². The predicted octanol–water partition coefficient (Wildman–Crippen LogP) is 6.89. The van der Waals surface area contributed by atoms with Crippen LogP contribution in [0.1, 0.15) is 10.4 Å². The lowest BCUT2D eigenvalue weighted by Gasteiger charge is -2.10. The summed E-state index contributed by atoms with van der Waals surface area (Å²) in [6.07, 6.45) is 0. The van der Waals surface area contributed by atoms with Gasteiger partial charge in [-0.15, -0.1) is 11.3 Å². The molecule has 0 radical (unpaired) electrons. The highest BCUT2D eigenvalue weighted by molar-refractivity contribution is 9.10. The Hall–Kier alpha value is -0.740. The highest BCUT2D eigenvalue weighted by Gasteiger charge is 2.10. The van der Waals surface area contributed by atoms with Crippen molar-refractivity contribution in [1.82, 2.24) is 0 Å². The molecule has 5 heteroatoms. The molecule has 0 saturated heterocycles. The van der Waals surface area contributed by atoms with E-state index in [1.807, 2.05) is 31.2 Å². The van der Waals surface area contributed by atoms with Crippen LogP contribution in [-0.2, 0) is 6.54 Å². The van der Waals surface area contributed by atoms with Gasteiger partial charge in [-0.05, 0) is 46.6 Å². The minimum atomic E-state index is 0.677. The Morgan fingerprint density at radius 3 is 2.71 bits per heavy atom. The topological polar surface area (TPSA) is 12.0 Å². The third kappa shape index (κ3) is 3.07. The molecule has 1 heterocycles. The summed E-state index contributed by atoms with van der Waals surface area (Å²) in [7, 11) is 0. The van der Waals surface area contributed by atoms with E-state index in [2.05, 4.69) is 33.4 Å². The number of hydrogen-bond donors (Lipinski definition) is 1. The number of anilines is 1. The van der Waals surface area contributed by atoms with Crippen molar-refractivity contribution in [3.8, 4) is 0 Å². The monoisotopic (exact) mass is 399 g/mol. The van der Waals surface area contributed by atoms with Gasteiger partial charge in [-0.1, -0.05) is 41.4 Å². The first-order valence-corrected chi connectivity index (χ1v) is 8.78. The summed E-state index contributed by atoms with van der Waals surface area (Å²) in [5.74, 6) is 0. The van der Waals surface area contributed by atoms with Gasteiger partial charge < -0.3 is 5.32 Å². The van der Waals surface area contributed by atoms with Gasteiger partial charge in [-0.3, -0.25) is 0 Å². The average molecular weight is 401 g/mol. The second-order valence-corrected chi connectivity index (χ2v) is 7.55. The van der Waals surface area contributed by atoms with Crippen molar-refractivity contribution < 1.29 is 0 Å². The molecule has 0 unspecified atom stereocenters. The van der Waals surface area contributed by atoms with E-state index in [1.54, 1.807) is 11.3 Å². The van der Waals surface area contributed by atoms with Crippen LogP contribution < -0.4 is 5.32 Å². The fourth-order valence-electron chi connectivity index (χ4n) is 2.14. The predicted molar refractivity (Wildman–Crippen MR) is 98.1 cm³/mol.